The number of ether oxygens (including phenoxy) is 3. The summed E-state index contributed by atoms with van der Waals surface area (Å²) < 4.78 is 21.6. The van der Waals surface area contributed by atoms with Crippen molar-refractivity contribution in [3.05, 3.63) is 53.4 Å². The van der Waals surface area contributed by atoms with Gasteiger partial charge < -0.3 is 39.2 Å². The van der Waals surface area contributed by atoms with Gasteiger partial charge in [0.15, 0.2) is 0 Å². The molecule has 1 unspecified atom stereocenters. The number of aryl methyl sites for hydroxylation is 1. The Hall–Kier alpha value is -4.91. The molecule has 3 aromatic rings. The minimum absolute atomic E-state index is 0.118. The number of hydrogen-bond donors (Lipinski definition) is 3. The van der Waals surface area contributed by atoms with Crippen LogP contribution in [0.15, 0.2) is 36.5 Å². The average Bonchev–Trinajstić information content (AvgIpc) is 4.05. The lowest BCUT2D eigenvalue weighted by molar-refractivity contribution is -0.155. The average molecular weight is 991 g/mol. The van der Waals surface area contributed by atoms with Crippen LogP contribution in [0.1, 0.15) is 96.6 Å². The molecule has 8 bridgehead atoms. The first-order valence-electron chi connectivity index (χ1n) is 26.9. The van der Waals surface area contributed by atoms with Crippen LogP contribution in [0, 0.1) is 17.3 Å². The molecule has 17 heteroatoms. The first kappa shape index (κ1) is 50.6. The molecule has 0 spiro atoms. The van der Waals surface area contributed by atoms with Gasteiger partial charge in [-0.25, -0.2) is 5.43 Å². The highest BCUT2D eigenvalue weighted by molar-refractivity contribution is 5.96. The molecule has 1 aromatic carbocycles. The second-order valence-electron chi connectivity index (χ2n) is 22.7. The van der Waals surface area contributed by atoms with Crippen LogP contribution in [0.4, 0.5) is 5.69 Å². The fraction of sp³-hybridized carbons (Fsp3) is 0.655. The van der Waals surface area contributed by atoms with Crippen LogP contribution >= 0.6 is 0 Å². The van der Waals surface area contributed by atoms with E-state index < -0.39 is 29.5 Å². The minimum atomic E-state index is -1.00. The lowest BCUT2D eigenvalue weighted by Gasteiger charge is -2.40. The first-order valence-corrected chi connectivity index (χ1v) is 26.9. The Morgan fingerprint density at radius 3 is 2.47 bits per heavy atom. The number of carbonyl (C=O) groups is 4. The number of piperazine rings is 1. The summed E-state index contributed by atoms with van der Waals surface area (Å²) in [6.45, 7) is 19.7. The number of aromatic nitrogens is 2. The third-order valence-corrected chi connectivity index (χ3v) is 16.6. The van der Waals surface area contributed by atoms with E-state index in [9.17, 15) is 19.2 Å². The second kappa shape index (κ2) is 20.8. The van der Waals surface area contributed by atoms with E-state index in [0.717, 1.165) is 82.5 Å². The minimum Gasteiger partial charge on any atom is -0.464 e. The maximum atomic E-state index is 14.9. The topological polar surface area (TPSA) is 166 Å². The Labute approximate surface area is 425 Å². The normalized spacial score (nSPS) is 29.5. The molecule has 17 nitrogen and oxygen atoms in total. The van der Waals surface area contributed by atoms with Crippen molar-refractivity contribution >= 4 is 45.9 Å². The Morgan fingerprint density at radius 2 is 1.74 bits per heavy atom. The van der Waals surface area contributed by atoms with Gasteiger partial charge in [-0.1, -0.05) is 33.8 Å². The summed E-state index contributed by atoms with van der Waals surface area (Å²) in [5.41, 5.74) is 11.1. The van der Waals surface area contributed by atoms with E-state index in [1.807, 2.05) is 20.0 Å². The summed E-state index contributed by atoms with van der Waals surface area (Å²) in [6.07, 6.45) is 8.49. The number of anilines is 1. The van der Waals surface area contributed by atoms with Crippen molar-refractivity contribution in [3.8, 4) is 11.3 Å². The number of fused-ring (bicyclic) bond motifs is 8. The molecule has 0 radical (unpaired) electrons. The van der Waals surface area contributed by atoms with Crippen molar-refractivity contribution in [2.24, 2.45) is 17.3 Å². The van der Waals surface area contributed by atoms with Crippen LogP contribution in [0.2, 0.25) is 0 Å². The predicted octanol–water partition coefficient (Wildman–Crippen LogP) is 4.38. The fourth-order valence-electron chi connectivity index (χ4n) is 12.5. The smallest absolute Gasteiger partial charge is 0.324 e. The number of pyridine rings is 1. The van der Waals surface area contributed by atoms with Gasteiger partial charge in [0, 0.05) is 107 Å². The molecule has 10 rings (SSSR count). The Kier molecular flexibility index (Phi) is 14.6. The van der Waals surface area contributed by atoms with Gasteiger partial charge in [0.1, 0.15) is 18.1 Å². The van der Waals surface area contributed by atoms with E-state index in [1.165, 1.54) is 17.9 Å². The van der Waals surface area contributed by atoms with Gasteiger partial charge in [0.2, 0.25) is 11.8 Å². The molecule has 72 heavy (non-hydrogen) atoms. The molecule has 2 aromatic heterocycles. The van der Waals surface area contributed by atoms with Gasteiger partial charge in [-0.05, 0) is 106 Å². The second-order valence-corrected chi connectivity index (χ2v) is 22.7. The number of benzene rings is 1. The Morgan fingerprint density at radius 1 is 0.944 bits per heavy atom. The molecule has 1 aliphatic carbocycles. The first-order chi connectivity index (χ1) is 34.6. The van der Waals surface area contributed by atoms with Crippen molar-refractivity contribution < 1.29 is 33.4 Å². The highest BCUT2D eigenvalue weighted by Crippen LogP contribution is 2.43. The number of hydrogen-bond acceptors (Lipinski definition) is 13. The lowest BCUT2D eigenvalue weighted by atomic mass is 9.84. The summed E-state index contributed by atoms with van der Waals surface area (Å²) >= 11 is 0. The van der Waals surface area contributed by atoms with Crippen LogP contribution in [0.25, 0.3) is 27.7 Å². The van der Waals surface area contributed by atoms with E-state index in [0.29, 0.717) is 65.0 Å². The van der Waals surface area contributed by atoms with Crippen LogP contribution in [-0.2, 0) is 46.4 Å². The number of methoxy groups -OCH3 is 1. The van der Waals surface area contributed by atoms with Gasteiger partial charge in [-0.3, -0.25) is 39.0 Å². The summed E-state index contributed by atoms with van der Waals surface area (Å²) in [4.78, 5) is 72.1. The zero-order valence-corrected chi connectivity index (χ0v) is 43.9. The van der Waals surface area contributed by atoms with E-state index in [4.69, 9.17) is 19.2 Å². The standard InChI is InChI=1S/C55H78N10O7/c1-9-64-47-15-12-35-24-41(47)43(50(64)42-25-38(27-57-48(42)34(4)70-8)63-21-19-62(20-22-63)37-13-14-37)26-55(5,6)32-72-54(69)44-11-10-18-65(59-44)53(68)45-30-61-28-36(35)23-39(29-61)71-31-46-40(16-17-56-46)52(67)60(7)49(33(2)3)51(66)58-45/h12,15,23-25,27,33-34,37,39-40,44-46,49,56,59H,9-11,13-14,16-22,26,28-32H2,1-8H3,(H,58,66)/t34-,39-,40-,44-,45-,46+,49-/m0/s1. The van der Waals surface area contributed by atoms with Crippen molar-refractivity contribution in [1.82, 2.24) is 45.3 Å². The third-order valence-electron chi connectivity index (χ3n) is 16.6. The molecule has 1 saturated carbocycles. The lowest BCUT2D eigenvalue weighted by Crippen LogP contribution is -2.64. The summed E-state index contributed by atoms with van der Waals surface area (Å²) in [6, 6.07) is 7.01. The van der Waals surface area contributed by atoms with Crippen molar-refractivity contribution in [2.45, 2.75) is 129 Å². The zero-order valence-electron chi connectivity index (χ0n) is 43.9. The monoisotopic (exact) mass is 991 g/mol. The molecular formula is C55H78N10O7. The van der Waals surface area contributed by atoms with Crippen LogP contribution in [0.5, 0.6) is 0 Å². The number of amides is 3. The van der Waals surface area contributed by atoms with Gasteiger partial charge >= 0.3 is 5.97 Å². The quantitative estimate of drug-likeness (QED) is 0.286. The number of rotatable bonds is 7. The maximum absolute atomic E-state index is 14.9. The van der Waals surface area contributed by atoms with Crippen LogP contribution in [0.3, 0.4) is 0 Å². The van der Waals surface area contributed by atoms with Gasteiger partial charge in [0.25, 0.3) is 5.91 Å². The maximum Gasteiger partial charge on any atom is 0.324 e. The SMILES string of the molecule is CCn1c(-c2cc(N3CCN(C4CC4)CC3)cnc2[C@H](C)OC)c2c3cc(ccc31)C1=C[C@H]3CN(C1)C[C@H](NC(=O)[C@H](C(C)C)N(C)C(=O)[C@H]1CCN[C@@H]1CO3)C(=O)N1CCC[C@H](N1)C(=O)OCC(C)(C)C2. The highest BCUT2D eigenvalue weighted by Gasteiger charge is 2.43. The molecule has 3 N–H and O–H groups in total. The molecule has 390 valence electrons. The van der Waals surface area contributed by atoms with Crippen molar-refractivity contribution in [2.75, 3.05) is 91.2 Å². The summed E-state index contributed by atoms with van der Waals surface area (Å²) in [7, 11) is 3.44. The molecule has 7 aliphatic rings. The number of cyclic esters (lactones) is 1. The largest absolute Gasteiger partial charge is 0.464 e. The number of carbonyl (C=O) groups excluding carboxylic acids is 4. The Bertz CT molecular complexity index is 2570. The van der Waals surface area contributed by atoms with Crippen molar-refractivity contribution in [3.63, 3.8) is 0 Å². The third kappa shape index (κ3) is 10.2. The van der Waals surface area contributed by atoms with E-state index in [1.54, 1.807) is 19.1 Å². The van der Waals surface area contributed by atoms with E-state index in [-0.39, 0.29) is 61.0 Å². The summed E-state index contributed by atoms with van der Waals surface area (Å²) in [5.74, 6) is -1.88. The van der Waals surface area contributed by atoms with Crippen molar-refractivity contribution in [1.29, 1.82) is 0 Å². The van der Waals surface area contributed by atoms with Crippen LogP contribution < -0.4 is 21.0 Å². The molecule has 6 aliphatic heterocycles. The number of likely N-dealkylation sites (N-methyl/N-ethyl adjacent to an activating group) is 1. The number of esters is 1. The Balaban J connectivity index is 1.11. The number of nitrogens with one attached hydrogen (secondary N) is 3. The van der Waals surface area contributed by atoms with E-state index >= 15 is 0 Å². The molecular weight excluding hydrogens is 913 g/mol. The van der Waals surface area contributed by atoms with Gasteiger partial charge in [-0.2, -0.15) is 0 Å². The van der Waals surface area contributed by atoms with E-state index in [2.05, 4.69) is 93.4 Å². The fourth-order valence-corrected chi connectivity index (χ4v) is 12.5. The highest BCUT2D eigenvalue weighted by atomic mass is 16.5. The zero-order chi connectivity index (χ0) is 50.6. The molecule has 8 atom stereocenters. The molecule has 8 heterocycles. The van der Waals surface area contributed by atoms with Gasteiger partial charge in [0.05, 0.1) is 54.6 Å². The molecule has 3 amide bonds. The van der Waals surface area contributed by atoms with Gasteiger partial charge in [-0.15, -0.1) is 0 Å². The number of hydrazine groups is 1. The molecule has 5 fully saturated rings. The summed E-state index contributed by atoms with van der Waals surface area (Å²) in [5, 5.41) is 9.28. The number of nitrogens with zero attached hydrogens (tertiary/aromatic N) is 7. The molecule has 4 saturated heterocycles. The van der Waals surface area contributed by atoms with Crippen LogP contribution in [-0.4, -0.2) is 176 Å². The predicted molar refractivity (Wildman–Crippen MR) is 277 cm³/mol.